The topological polar surface area (TPSA) is 85.8 Å². The second kappa shape index (κ2) is 6.49. The number of benzene rings is 1. The fourth-order valence-electron chi connectivity index (χ4n) is 1.47. The lowest BCUT2D eigenvalue weighted by atomic mass is 10.1. The van der Waals surface area contributed by atoms with E-state index in [9.17, 15) is 4.79 Å². The highest BCUT2D eigenvalue weighted by atomic mass is 35.5. The molecule has 6 nitrogen and oxygen atoms in total. The molecule has 108 valence electrons. The van der Waals surface area contributed by atoms with Crippen LogP contribution >= 0.6 is 12.4 Å². The molecule has 0 aliphatic heterocycles. The molecular weight excluding hydrogens is 278 g/mol. The lowest BCUT2D eigenvalue weighted by Crippen LogP contribution is -2.45. The first-order valence-electron chi connectivity index (χ1n) is 6.00. The zero-order chi connectivity index (χ0) is 13.9. The number of amides is 1. The van der Waals surface area contributed by atoms with Crippen LogP contribution in [0.2, 0.25) is 0 Å². The van der Waals surface area contributed by atoms with E-state index in [4.69, 9.17) is 5.73 Å². The van der Waals surface area contributed by atoms with E-state index in [-0.39, 0.29) is 24.0 Å². The van der Waals surface area contributed by atoms with Crippen molar-refractivity contribution in [2.75, 3.05) is 6.54 Å². The van der Waals surface area contributed by atoms with Crippen LogP contribution in [0.25, 0.3) is 5.69 Å². The van der Waals surface area contributed by atoms with Crippen molar-refractivity contribution in [3.8, 4) is 5.69 Å². The molecule has 1 heterocycles. The monoisotopic (exact) mass is 295 g/mol. The Kier molecular flexibility index (Phi) is 5.24. The van der Waals surface area contributed by atoms with Gasteiger partial charge in [-0.1, -0.05) is 23.4 Å². The molecule has 0 bridgehead atoms. The minimum Gasteiger partial charge on any atom is -0.349 e. The molecule has 1 aromatic carbocycles. The summed E-state index contributed by atoms with van der Waals surface area (Å²) in [7, 11) is 0. The maximum absolute atomic E-state index is 11.9. The first kappa shape index (κ1) is 16.1. The predicted octanol–water partition coefficient (Wildman–Crippen LogP) is 1.16. The van der Waals surface area contributed by atoms with Crippen LogP contribution in [0.3, 0.4) is 0 Å². The van der Waals surface area contributed by atoms with Crippen LogP contribution in [0.4, 0.5) is 0 Å². The van der Waals surface area contributed by atoms with Gasteiger partial charge in [0.1, 0.15) is 0 Å². The van der Waals surface area contributed by atoms with E-state index in [1.165, 1.54) is 0 Å². The van der Waals surface area contributed by atoms with Gasteiger partial charge in [0.15, 0.2) is 5.69 Å². The minimum absolute atomic E-state index is 0. The molecule has 2 rings (SSSR count). The third-order valence-corrected chi connectivity index (χ3v) is 2.45. The Balaban J connectivity index is 0.00000200. The maximum Gasteiger partial charge on any atom is 0.273 e. The summed E-state index contributed by atoms with van der Waals surface area (Å²) in [6.07, 6.45) is 1.59. The highest BCUT2D eigenvalue weighted by Gasteiger charge is 2.15. The van der Waals surface area contributed by atoms with Crippen LogP contribution < -0.4 is 11.1 Å². The molecule has 0 saturated heterocycles. The summed E-state index contributed by atoms with van der Waals surface area (Å²) in [6.45, 7) is 4.06. The largest absolute Gasteiger partial charge is 0.349 e. The molecule has 0 saturated carbocycles. The molecule has 1 aromatic heterocycles. The Morgan fingerprint density at radius 1 is 1.35 bits per heavy atom. The van der Waals surface area contributed by atoms with E-state index in [2.05, 4.69) is 15.6 Å². The Morgan fingerprint density at radius 3 is 2.60 bits per heavy atom. The smallest absolute Gasteiger partial charge is 0.273 e. The molecule has 0 fully saturated rings. The highest BCUT2D eigenvalue weighted by Crippen LogP contribution is 2.05. The number of para-hydroxylation sites is 1. The van der Waals surface area contributed by atoms with Gasteiger partial charge < -0.3 is 11.1 Å². The zero-order valence-electron chi connectivity index (χ0n) is 11.4. The molecule has 0 aliphatic rings. The quantitative estimate of drug-likeness (QED) is 0.886. The van der Waals surface area contributed by atoms with Crippen LogP contribution in [-0.2, 0) is 0 Å². The lowest BCUT2D eigenvalue weighted by molar-refractivity contribution is 0.0941. The Labute approximate surface area is 123 Å². The number of carbonyl (C=O) groups is 1. The van der Waals surface area contributed by atoms with Crippen LogP contribution in [0, 0.1) is 0 Å². The summed E-state index contributed by atoms with van der Waals surface area (Å²) in [5, 5.41) is 10.5. The third kappa shape index (κ3) is 4.32. The number of halogens is 1. The van der Waals surface area contributed by atoms with Gasteiger partial charge in [0.05, 0.1) is 11.9 Å². The average Bonchev–Trinajstić information content (AvgIpc) is 2.86. The van der Waals surface area contributed by atoms with E-state index in [1.54, 1.807) is 10.9 Å². The molecule has 20 heavy (non-hydrogen) atoms. The van der Waals surface area contributed by atoms with Crippen molar-refractivity contribution >= 4 is 18.3 Å². The number of aromatic nitrogens is 3. The van der Waals surface area contributed by atoms with Crippen molar-refractivity contribution in [2.45, 2.75) is 19.4 Å². The summed E-state index contributed by atoms with van der Waals surface area (Å²) in [5.41, 5.74) is 6.48. The number of nitrogens with zero attached hydrogens (tertiary/aromatic N) is 3. The molecular formula is C13H18ClN5O. The summed E-state index contributed by atoms with van der Waals surface area (Å²) < 4.78 is 1.56. The number of rotatable bonds is 4. The van der Waals surface area contributed by atoms with Gasteiger partial charge in [-0.05, 0) is 26.0 Å². The average molecular weight is 296 g/mol. The van der Waals surface area contributed by atoms with Gasteiger partial charge in [0.25, 0.3) is 5.91 Å². The molecule has 0 unspecified atom stereocenters. The number of carbonyl (C=O) groups excluding carboxylic acids is 1. The molecule has 0 radical (unpaired) electrons. The summed E-state index contributed by atoms with van der Waals surface area (Å²) in [5.74, 6) is -0.277. The predicted molar refractivity (Wildman–Crippen MR) is 79.2 cm³/mol. The minimum atomic E-state index is -0.453. The Bertz CT molecular complexity index is 562. The van der Waals surface area contributed by atoms with Gasteiger partial charge in [0.2, 0.25) is 0 Å². The van der Waals surface area contributed by atoms with Gasteiger partial charge in [-0.3, -0.25) is 4.79 Å². The molecule has 0 atom stereocenters. The fourth-order valence-corrected chi connectivity index (χ4v) is 1.47. The lowest BCUT2D eigenvalue weighted by Gasteiger charge is -2.18. The summed E-state index contributed by atoms with van der Waals surface area (Å²) in [4.78, 5) is 11.9. The zero-order valence-corrected chi connectivity index (χ0v) is 12.2. The standard InChI is InChI=1S/C13H17N5O.ClH/c1-13(2,14)9-15-12(19)11-8-18(17-16-11)10-6-4-3-5-7-10;/h3-8H,9,14H2,1-2H3,(H,15,19);1H. The second-order valence-electron chi connectivity index (χ2n) is 5.06. The van der Waals surface area contributed by atoms with E-state index in [0.29, 0.717) is 6.54 Å². The van der Waals surface area contributed by atoms with Crippen molar-refractivity contribution in [3.63, 3.8) is 0 Å². The molecule has 7 heteroatoms. The van der Waals surface area contributed by atoms with E-state index < -0.39 is 5.54 Å². The van der Waals surface area contributed by atoms with Crippen LogP contribution in [-0.4, -0.2) is 33.0 Å². The van der Waals surface area contributed by atoms with Crippen molar-refractivity contribution in [3.05, 3.63) is 42.2 Å². The SMILES string of the molecule is CC(C)(N)CNC(=O)c1cn(-c2ccccc2)nn1.Cl. The first-order valence-corrected chi connectivity index (χ1v) is 6.00. The van der Waals surface area contributed by atoms with Crippen molar-refractivity contribution in [1.29, 1.82) is 0 Å². The second-order valence-corrected chi connectivity index (χ2v) is 5.06. The summed E-state index contributed by atoms with van der Waals surface area (Å²) in [6, 6.07) is 9.48. The van der Waals surface area contributed by atoms with Gasteiger partial charge in [-0.2, -0.15) is 0 Å². The molecule has 0 aliphatic carbocycles. The Morgan fingerprint density at radius 2 is 2.00 bits per heavy atom. The van der Waals surface area contributed by atoms with E-state index in [0.717, 1.165) is 5.69 Å². The van der Waals surface area contributed by atoms with Gasteiger partial charge >= 0.3 is 0 Å². The molecule has 0 spiro atoms. The first-order chi connectivity index (χ1) is 8.96. The van der Waals surface area contributed by atoms with Crippen molar-refractivity contribution in [1.82, 2.24) is 20.3 Å². The third-order valence-electron chi connectivity index (χ3n) is 2.45. The number of nitrogens with two attached hydrogens (primary N) is 1. The van der Waals surface area contributed by atoms with E-state index >= 15 is 0 Å². The molecule has 3 N–H and O–H groups in total. The van der Waals surface area contributed by atoms with Crippen LogP contribution in [0.1, 0.15) is 24.3 Å². The van der Waals surface area contributed by atoms with E-state index in [1.807, 2.05) is 44.2 Å². The maximum atomic E-state index is 11.9. The number of nitrogens with one attached hydrogen (secondary N) is 1. The van der Waals surface area contributed by atoms with Gasteiger partial charge in [-0.25, -0.2) is 4.68 Å². The van der Waals surface area contributed by atoms with Crippen molar-refractivity contribution < 1.29 is 4.79 Å². The van der Waals surface area contributed by atoms with Gasteiger partial charge in [-0.15, -0.1) is 17.5 Å². The fraction of sp³-hybridized carbons (Fsp3) is 0.308. The van der Waals surface area contributed by atoms with Crippen LogP contribution in [0.15, 0.2) is 36.5 Å². The van der Waals surface area contributed by atoms with Gasteiger partial charge in [0, 0.05) is 12.1 Å². The van der Waals surface area contributed by atoms with Crippen molar-refractivity contribution in [2.24, 2.45) is 5.73 Å². The van der Waals surface area contributed by atoms with Crippen LogP contribution in [0.5, 0.6) is 0 Å². The summed E-state index contributed by atoms with van der Waals surface area (Å²) >= 11 is 0. The molecule has 1 amide bonds. The molecule has 2 aromatic rings. The number of hydrogen-bond acceptors (Lipinski definition) is 4. The number of hydrogen-bond donors (Lipinski definition) is 2. The Hall–Kier alpha value is -1.92. The highest BCUT2D eigenvalue weighted by molar-refractivity contribution is 5.91. The normalized spacial score (nSPS) is 10.8.